The second-order valence-corrected chi connectivity index (χ2v) is 9.88. The Balaban J connectivity index is 1.30. The van der Waals surface area contributed by atoms with Crippen molar-refractivity contribution in [3.8, 4) is 0 Å². The fourth-order valence-corrected chi connectivity index (χ4v) is 5.20. The maximum atomic E-state index is 14.4. The van der Waals surface area contributed by atoms with Crippen LogP contribution in [-0.2, 0) is 20.1 Å². The number of anilines is 2. The van der Waals surface area contributed by atoms with E-state index in [1.165, 1.54) is 17.9 Å². The highest BCUT2D eigenvalue weighted by molar-refractivity contribution is 7.99. The molecule has 5 rings (SSSR count). The summed E-state index contributed by atoms with van der Waals surface area (Å²) in [5.41, 5.74) is 11.3. The molecule has 4 N–H and O–H groups in total. The van der Waals surface area contributed by atoms with Gasteiger partial charge < -0.3 is 25.4 Å². The smallest absolute Gasteiger partial charge is 0.268 e. The standard InChI is InChI=1S/C29H27FN4O2S/c1-18-28(37-20-8-10-24(31)25(14-20)32-16-19-6-4-3-5-7-19)15-26(34(18)2)29(35)33-17-22-21-12-13-36-27(21)11-9-23(22)30/h3-15,32H,16-17,31H2,1-2H3,(H,33,35). The summed E-state index contributed by atoms with van der Waals surface area (Å²) in [6.07, 6.45) is 1.51. The number of amides is 1. The number of rotatable bonds is 8. The summed E-state index contributed by atoms with van der Waals surface area (Å²) in [4.78, 5) is 15.0. The van der Waals surface area contributed by atoms with Gasteiger partial charge in [-0.2, -0.15) is 0 Å². The van der Waals surface area contributed by atoms with Crippen LogP contribution in [-0.4, -0.2) is 10.5 Å². The first-order chi connectivity index (χ1) is 17.9. The zero-order valence-corrected chi connectivity index (χ0v) is 21.4. The Morgan fingerprint density at radius 2 is 1.86 bits per heavy atom. The predicted octanol–water partition coefficient (Wildman–Crippen LogP) is 6.49. The van der Waals surface area contributed by atoms with Crippen LogP contribution in [0.2, 0.25) is 0 Å². The number of hydrogen-bond donors (Lipinski definition) is 3. The van der Waals surface area contributed by atoms with Gasteiger partial charge in [0, 0.05) is 46.6 Å². The first-order valence-corrected chi connectivity index (χ1v) is 12.7. The van der Waals surface area contributed by atoms with Crippen LogP contribution in [0.25, 0.3) is 11.0 Å². The Morgan fingerprint density at radius 1 is 1.05 bits per heavy atom. The molecule has 0 bridgehead atoms. The molecule has 0 aliphatic heterocycles. The van der Waals surface area contributed by atoms with Crippen LogP contribution in [0.4, 0.5) is 15.8 Å². The second kappa shape index (κ2) is 10.4. The van der Waals surface area contributed by atoms with Gasteiger partial charge in [0.15, 0.2) is 0 Å². The van der Waals surface area contributed by atoms with Crippen LogP contribution in [0, 0.1) is 12.7 Å². The normalized spacial score (nSPS) is 11.1. The number of furan rings is 1. The van der Waals surface area contributed by atoms with E-state index in [1.54, 1.807) is 23.9 Å². The van der Waals surface area contributed by atoms with Gasteiger partial charge in [0.1, 0.15) is 17.1 Å². The van der Waals surface area contributed by atoms with Crippen molar-refractivity contribution in [2.75, 3.05) is 11.1 Å². The maximum Gasteiger partial charge on any atom is 0.268 e. The van der Waals surface area contributed by atoms with Gasteiger partial charge in [-0.1, -0.05) is 42.1 Å². The molecule has 37 heavy (non-hydrogen) atoms. The Morgan fingerprint density at radius 3 is 2.68 bits per heavy atom. The van der Waals surface area contributed by atoms with Crippen LogP contribution >= 0.6 is 11.8 Å². The van der Waals surface area contributed by atoms with Crippen molar-refractivity contribution >= 4 is 40.0 Å². The van der Waals surface area contributed by atoms with Gasteiger partial charge >= 0.3 is 0 Å². The lowest BCUT2D eigenvalue weighted by atomic mass is 10.1. The minimum atomic E-state index is -0.381. The Labute approximate surface area is 218 Å². The van der Waals surface area contributed by atoms with Crippen LogP contribution in [0.3, 0.4) is 0 Å². The molecule has 0 atom stereocenters. The van der Waals surface area contributed by atoms with Crippen LogP contribution in [0.1, 0.15) is 27.3 Å². The van der Waals surface area contributed by atoms with Crippen LogP contribution in [0.15, 0.2) is 93.3 Å². The van der Waals surface area contributed by atoms with Crippen molar-refractivity contribution in [1.82, 2.24) is 9.88 Å². The highest BCUT2D eigenvalue weighted by Crippen LogP contribution is 2.35. The number of nitrogens with two attached hydrogens (primary N) is 1. The summed E-state index contributed by atoms with van der Waals surface area (Å²) < 4.78 is 21.6. The average Bonchev–Trinajstić information content (AvgIpc) is 3.49. The number of carbonyl (C=O) groups excluding carboxylic acids is 1. The van der Waals surface area contributed by atoms with E-state index < -0.39 is 0 Å². The quantitative estimate of drug-likeness (QED) is 0.206. The Kier molecular flexibility index (Phi) is 6.92. The highest BCUT2D eigenvalue weighted by Gasteiger charge is 2.18. The predicted molar refractivity (Wildman–Crippen MR) is 146 cm³/mol. The highest BCUT2D eigenvalue weighted by atomic mass is 32.2. The molecule has 0 spiro atoms. The molecule has 188 valence electrons. The fourth-order valence-electron chi connectivity index (χ4n) is 4.18. The summed E-state index contributed by atoms with van der Waals surface area (Å²) in [6.45, 7) is 2.69. The van der Waals surface area contributed by atoms with Crippen molar-refractivity contribution in [1.29, 1.82) is 0 Å². The first kappa shape index (κ1) is 24.5. The molecule has 0 saturated heterocycles. The van der Waals surface area contributed by atoms with Crippen molar-refractivity contribution < 1.29 is 13.6 Å². The van der Waals surface area contributed by atoms with E-state index in [0.29, 0.717) is 34.5 Å². The molecule has 5 aromatic rings. The van der Waals surface area contributed by atoms with Crippen LogP contribution in [0.5, 0.6) is 0 Å². The molecule has 1 amide bonds. The van der Waals surface area contributed by atoms with Gasteiger partial charge in [0.2, 0.25) is 0 Å². The number of nitrogens with one attached hydrogen (secondary N) is 2. The van der Waals surface area contributed by atoms with Gasteiger partial charge in [0.05, 0.1) is 17.6 Å². The van der Waals surface area contributed by atoms with E-state index in [9.17, 15) is 9.18 Å². The zero-order chi connectivity index (χ0) is 25.9. The molecule has 2 heterocycles. The summed E-state index contributed by atoms with van der Waals surface area (Å²) in [7, 11) is 1.85. The topological polar surface area (TPSA) is 85.2 Å². The Hall–Kier alpha value is -4.17. The number of nitrogens with zero attached hydrogens (tertiary/aromatic N) is 1. The SMILES string of the molecule is Cc1c(Sc2ccc(N)c(NCc3ccccc3)c2)cc(C(=O)NCc2c(F)ccc3occc23)n1C. The lowest BCUT2D eigenvalue weighted by Gasteiger charge is -2.11. The Bertz CT molecular complexity index is 1580. The molecule has 0 fully saturated rings. The van der Waals surface area contributed by atoms with E-state index >= 15 is 0 Å². The molecular weight excluding hydrogens is 487 g/mol. The lowest BCUT2D eigenvalue weighted by Crippen LogP contribution is -2.25. The number of benzene rings is 3. The number of nitrogen functional groups attached to an aromatic ring is 1. The van der Waals surface area contributed by atoms with Crippen molar-refractivity contribution in [3.05, 3.63) is 107 Å². The molecule has 0 aliphatic rings. The maximum absolute atomic E-state index is 14.4. The largest absolute Gasteiger partial charge is 0.464 e. The van der Waals surface area contributed by atoms with Gasteiger partial charge in [-0.05, 0) is 55.0 Å². The summed E-state index contributed by atoms with van der Waals surface area (Å²) in [5, 5.41) is 6.91. The minimum Gasteiger partial charge on any atom is -0.464 e. The van der Waals surface area contributed by atoms with E-state index in [2.05, 4.69) is 22.8 Å². The number of fused-ring (bicyclic) bond motifs is 1. The molecule has 0 unspecified atom stereocenters. The summed E-state index contributed by atoms with van der Waals surface area (Å²) >= 11 is 1.56. The third-order valence-corrected chi connectivity index (χ3v) is 7.54. The first-order valence-electron chi connectivity index (χ1n) is 11.8. The monoisotopic (exact) mass is 514 g/mol. The molecule has 2 aromatic heterocycles. The van der Waals surface area contributed by atoms with Gasteiger partial charge in [-0.15, -0.1) is 0 Å². The van der Waals surface area contributed by atoms with Gasteiger partial charge in [-0.25, -0.2) is 4.39 Å². The van der Waals surface area contributed by atoms with E-state index in [1.807, 2.05) is 61.0 Å². The summed E-state index contributed by atoms with van der Waals surface area (Å²) in [5.74, 6) is -0.659. The number of carbonyl (C=O) groups is 1. The molecule has 3 aromatic carbocycles. The molecule has 0 saturated carbocycles. The zero-order valence-electron chi connectivity index (χ0n) is 20.5. The second-order valence-electron chi connectivity index (χ2n) is 8.77. The van der Waals surface area contributed by atoms with Crippen molar-refractivity contribution in [3.63, 3.8) is 0 Å². The molecular formula is C29H27FN4O2S. The molecule has 8 heteroatoms. The van der Waals surface area contributed by atoms with Crippen molar-refractivity contribution in [2.24, 2.45) is 7.05 Å². The minimum absolute atomic E-state index is 0.0582. The number of hydrogen-bond acceptors (Lipinski definition) is 5. The van der Waals surface area contributed by atoms with Gasteiger partial charge in [-0.3, -0.25) is 4.79 Å². The van der Waals surface area contributed by atoms with Crippen LogP contribution < -0.4 is 16.4 Å². The molecule has 0 radical (unpaired) electrons. The van der Waals surface area contributed by atoms with Gasteiger partial charge in [0.25, 0.3) is 5.91 Å². The third kappa shape index (κ3) is 5.20. The van der Waals surface area contributed by atoms with E-state index in [0.717, 1.165) is 21.2 Å². The lowest BCUT2D eigenvalue weighted by molar-refractivity contribution is 0.0942. The molecule has 6 nitrogen and oxygen atoms in total. The molecule has 0 aliphatic carbocycles. The number of halogens is 1. The van der Waals surface area contributed by atoms with Crippen molar-refractivity contribution in [2.45, 2.75) is 29.8 Å². The average molecular weight is 515 g/mol. The fraction of sp³-hybridized carbons (Fsp3) is 0.138. The summed E-state index contributed by atoms with van der Waals surface area (Å²) in [6, 6.07) is 22.5. The van der Waals surface area contributed by atoms with E-state index in [4.69, 9.17) is 10.2 Å². The van der Waals surface area contributed by atoms with E-state index in [-0.39, 0.29) is 18.3 Å². The third-order valence-electron chi connectivity index (χ3n) is 6.42. The number of aromatic nitrogens is 1.